The lowest BCUT2D eigenvalue weighted by Gasteiger charge is -2.29. The average molecular weight is 411 g/mol. The van der Waals surface area contributed by atoms with Crippen molar-refractivity contribution in [2.24, 2.45) is 0 Å². The summed E-state index contributed by atoms with van der Waals surface area (Å²) in [5.41, 5.74) is 4.69. The Labute approximate surface area is 182 Å². The second-order valence-electron chi connectivity index (χ2n) is 7.51. The fourth-order valence-electron chi connectivity index (χ4n) is 3.86. The molecule has 0 aliphatic carbocycles. The van der Waals surface area contributed by atoms with Gasteiger partial charge in [0.25, 0.3) is 0 Å². The molecule has 0 bridgehead atoms. The molecule has 4 aromatic rings. The van der Waals surface area contributed by atoms with Crippen molar-refractivity contribution in [2.75, 3.05) is 0 Å². The van der Waals surface area contributed by atoms with Crippen LogP contribution in [0.2, 0.25) is 0 Å². The zero-order valence-corrected chi connectivity index (χ0v) is 17.7. The summed E-state index contributed by atoms with van der Waals surface area (Å²) in [4.78, 5) is 0. The number of benzene rings is 4. The summed E-state index contributed by atoms with van der Waals surface area (Å²) in [6, 6.07) is 41.4. The Morgan fingerprint density at radius 1 is 0.467 bits per heavy atom. The van der Waals surface area contributed by atoms with Crippen LogP contribution in [0.4, 0.5) is 0 Å². The highest BCUT2D eigenvalue weighted by Crippen LogP contribution is 2.38. The molecule has 0 aliphatic heterocycles. The van der Waals surface area contributed by atoms with Gasteiger partial charge in [-0.2, -0.15) is 0 Å². The number of rotatable bonds is 8. The third-order valence-electron chi connectivity index (χ3n) is 5.43. The summed E-state index contributed by atoms with van der Waals surface area (Å²) >= 11 is -1.10. The van der Waals surface area contributed by atoms with E-state index in [0.717, 1.165) is 24.0 Å². The van der Waals surface area contributed by atoms with Crippen molar-refractivity contribution >= 4 is 11.2 Å². The van der Waals surface area contributed by atoms with Gasteiger partial charge in [-0.05, 0) is 22.3 Å². The van der Waals surface area contributed by atoms with E-state index in [0.29, 0.717) is 0 Å². The van der Waals surface area contributed by atoms with E-state index in [1.807, 2.05) is 48.5 Å². The van der Waals surface area contributed by atoms with Crippen molar-refractivity contribution in [3.63, 3.8) is 0 Å². The van der Waals surface area contributed by atoms with E-state index in [-0.39, 0.29) is 10.5 Å². The molecule has 0 radical (unpaired) electrons. The molecule has 0 aromatic heterocycles. The normalized spacial score (nSPS) is 14.0. The third kappa shape index (κ3) is 5.21. The van der Waals surface area contributed by atoms with Gasteiger partial charge in [-0.1, -0.05) is 121 Å². The maximum atomic E-state index is 14.2. The van der Waals surface area contributed by atoms with Crippen LogP contribution in [0.5, 0.6) is 0 Å². The summed E-state index contributed by atoms with van der Waals surface area (Å²) in [7, 11) is 0. The number of hydrogen-bond donors (Lipinski definition) is 0. The highest BCUT2D eigenvalue weighted by molar-refractivity contribution is 7.91. The molecular formula is C28H26OS. The largest absolute Gasteiger partial charge is 0.615 e. The smallest absolute Gasteiger partial charge is 0.145 e. The highest BCUT2D eigenvalue weighted by Gasteiger charge is 2.34. The van der Waals surface area contributed by atoms with E-state index >= 15 is 0 Å². The van der Waals surface area contributed by atoms with Crippen LogP contribution in [-0.4, -0.2) is 4.55 Å². The average Bonchev–Trinajstić information content (AvgIpc) is 2.83. The molecule has 0 spiro atoms. The van der Waals surface area contributed by atoms with Gasteiger partial charge in [-0.15, -0.1) is 0 Å². The molecule has 30 heavy (non-hydrogen) atoms. The summed E-state index contributed by atoms with van der Waals surface area (Å²) in [6.07, 6.45) is 1.52. The molecule has 2 atom stereocenters. The topological polar surface area (TPSA) is 23.1 Å². The van der Waals surface area contributed by atoms with Crippen molar-refractivity contribution in [3.8, 4) is 0 Å². The van der Waals surface area contributed by atoms with E-state index in [1.165, 1.54) is 11.1 Å². The van der Waals surface area contributed by atoms with Gasteiger partial charge < -0.3 is 4.55 Å². The molecule has 2 unspecified atom stereocenters. The fraction of sp³-hybridized carbons (Fsp3) is 0.143. The minimum Gasteiger partial charge on any atom is -0.615 e. The van der Waals surface area contributed by atoms with Crippen LogP contribution in [0.3, 0.4) is 0 Å². The summed E-state index contributed by atoms with van der Waals surface area (Å²) in [6.45, 7) is 0. The first-order valence-corrected chi connectivity index (χ1v) is 11.7. The zero-order valence-electron chi connectivity index (χ0n) is 16.9. The van der Waals surface area contributed by atoms with E-state index in [2.05, 4.69) is 72.8 Å². The Morgan fingerprint density at radius 2 is 0.767 bits per heavy atom. The molecule has 0 fully saturated rings. The molecule has 0 saturated carbocycles. The Bertz CT molecular complexity index is 918. The third-order valence-corrected chi connectivity index (χ3v) is 7.43. The summed E-state index contributed by atoms with van der Waals surface area (Å²) < 4.78 is 14.2. The van der Waals surface area contributed by atoms with Crippen molar-refractivity contribution < 1.29 is 4.55 Å². The van der Waals surface area contributed by atoms with Gasteiger partial charge >= 0.3 is 0 Å². The second kappa shape index (κ2) is 10.3. The van der Waals surface area contributed by atoms with Gasteiger partial charge in [-0.25, -0.2) is 0 Å². The van der Waals surface area contributed by atoms with E-state index in [4.69, 9.17) is 0 Å². The summed E-state index contributed by atoms with van der Waals surface area (Å²) in [5, 5.41) is -0.134. The van der Waals surface area contributed by atoms with Crippen LogP contribution in [0.25, 0.3) is 0 Å². The Hall–Kier alpha value is -2.81. The molecule has 4 aromatic carbocycles. The molecule has 0 saturated heterocycles. The Morgan fingerprint density at radius 3 is 1.10 bits per heavy atom. The van der Waals surface area contributed by atoms with Gasteiger partial charge in [0, 0.05) is 24.0 Å². The van der Waals surface area contributed by atoms with Gasteiger partial charge in [0.1, 0.15) is 10.5 Å². The first kappa shape index (κ1) is 20.5. The number of hydrogen-bond acceptors (Lipinski definition) is 1. The van der Waals surface area contributed by atoms with Gasteiger partial charge in [-0.3, -0.25) is 0 Å². The van der Waals surface area contributed by atoms with Crippen LogP contribution in [-0.2, 0) is 24.0 Å². The van der Waals surface area contributed by atoms with E-state index in [1.54, 1.807) is 0 Å². The quantitative estimate of drug-likeness (QED) is 0.296. The summed E-state index contributed by atoms with van der Waals surface area (Å²) in [5.74, 6) is 0. The monoisotopic (exact) mass is 410 g/mol. The lowest BCUT2D eigenvalue weighted by molar-refractivity contribution is 0.564. The minimum absolute atomic E-state index is 0.0671. The van der Waals surface area contributed by atoms with Crippen LogP contribution in [0, 0.1) is 0 Å². The van der Waals surface area contributed by atoms with Crippen molar-refractivity contribution in [2.45, 2.75) is 23.3 Å². The minimum atomic E-state index is -1.10. The molecule has 0 amide bonds. The lowest BCUT2D eigenvalue weighted by Crippen LogP contribution is -2.24. The molecule has 0 aliphatic rings. The van der Waals surface area contributed by atoms with Crippen molar-refractivity contribution in [1.82, 2.24) is 0 Å². The maximum absolute atomic E-state index is 14.2. The molecule has 150 valence electrons. The molecular weight excluding hydrogens is 384 g/mol. The van der Waals surface area contributed by atoms with Crippen molar-refractivity contribution in [1.29, 1.82) is 0 Å². The van der Waals surface area contributed by atoms with Gasteiger partial charge in [0.05, 0.1) is 0 Å². The lowest BCUT2D eigenvalue weighted by atomic mass is 10.0. The Kier molecular flexibility index (Phi) is 7.02. The molecule has 1 nitrogen and oxygen atoms in total. The highest BCUT2D eigenvalue weighted by atomic mass is 32.2. The predicted molar refractivity (Wildman–Crippen MR) is 127 cm³/mol. The predicted octanol–water partition coefficient (Wildman–Crippen LogP) is 6.70. The van der Waals surface area contributed by atoms with E-state index < -0.39 is 11.2 Å². The van der Waals surface area contributed by atoms with Crippen LogP contribution in [0.15, 0.2) is 121 Å². The van der Waals surface area contributed by atoms with E-state index in [9.17, 15) is 4.55 Å². The van der Waals surface area contributed by atoms with Gasteiger partial charge in [0.15, 0.2) is 0 Å². The first-order chi connectivity index (χ1) is 14.8. The van der Waals surface area contributed by atoms with Crippen LogP contribution in [0.1, 0.15) is 32.8 Å². The standard InChI is InChI=1S/C28H26OS/c29-30(27(25-17-9-3-10-18-25)21-23-13-5-1-6-14-23)28(26-19-11-4-12-20-26)22-24-15-7-2-8-16-24/h1-20,27-28H,21-22H2. The van der Waals surface area contributed by atoms with Gasteiger partial charge in [0.2, 0.25) is 0 Å². The van der Waals surface area contributed by atoms with Crippen LogP contribution < -0.4 is 0 Å². The molecule has 2 heteroatoms. The maximum Gasteiger partial charge on any atom is 0.145 e. The first-order valence-electron chi connectivity index (χ1n) is 10.4. The second-order valence-corrected chi connectivity index (χ2v) is 9.30. The molecule has 0 N–H and O–H groups in total. The molecule has 0 heterocycles. The van der Waals surface area contributed by atoms with Crippen LogP contribution >= 0.6 is 0 Å². The molecule has 4 rings (SSSR count). The zero-order chi connectivity index (χ0) is 20.6. The fourth-order valence-corrected chi connectivity index (χ4v) is 5.82. The van der Waals surface area contributed by atoms with Crippen molar-refractivity contribution in [3.05, 3.63) is 144 Å². The SMILES string of the molecule is [O-][S+](C(Cc1ccccc1)c1ccccc1)C(Cc1ccccc1)c1ccccc1. The Balaban J connectivity index is 1.70.